The van der Waals surface area contributed by atoms with E-state index in [1.54, 1.807) is 11.3 Å². The van der Waals surface area contributed by atoms with Gasteiger partial charge in [-0.15, -0.1) is 11.3 Å². The molecule has 1 atom stereocenters. The normalized spacial score (nSPS) is 22.5. The van der Waals surface area contributed by atoms with Crippen LogP contribution in [-0.2, 0) is 6.42 Å². The lowest BCUT2D eigenvalue weighted by molar-refractivity contribution is 0.216. The fraction of sp³-hybridized carbons (Fsp3) is 0.526. The van der Waals surface area contributed by atoms with Crippen molar-refractivity contribution < 1.29 is 0 Å². The van der Waals surface area contributed by atoms with Crippen molar-refractivity contribution in [3.63, 3.8) is 0 Å². The van der Waals surface area contributed by atoms with E-state index >= 15 is 0 Å². The van der Waals surface area contributed by atoms with E-state index in [9.17, 15) is 0 Å². The van der Waals surface area contributed by atoms with E-state index in [2.05, 4.69) is 52.2 Å². The zero-order chi connectivity index (χ0) is 15.8. The first-order valence-corrected chi connectivity index (χ1v) is 9.67. The highest BCUT2D eigenvalue weighted by molar-refractivity contribution is 7.13. The summed E-state index contributed by atoms with van der Waals surface area (Å²) >= 11 is 1.73. The molecule has 2 aliphatic rings. The Labute approximate surface area is 143 Å². The number of anilines is 1. The Morgan fingerprint density at radius 3 is 2.78 bits per heavy atom. The molecule has 122 valence electrons. The van der Waals surface area contributed by atoms with Crippen LogP contribution in [0.5, 0.6) is 0 Å². The highest BCUT2D eigenvalue weighted by Crippen LogP contribution is 2.39. The molecule has 1 unspecified atom stereocenters. The Hall–Kier alpha value is -1.39. The van der Waals surface area contributed by atoms with E-state index < -0.39 is 0 Å². The molecule has 0 bridgehead atoms. The highest BCUT2D eigenvalue weighted by Gasteiger charge is 2.33. The summed E-state index contributed by atoms with van der Waals surface area (Å²) in [6.07, 6.45) is 5.66. The average Bonchev–Trinajstić information content (AvgIpc) is 3.21. The molecule has 1 aromatic carbocycles. The number of piperidine rings is 1. The van der Waals surface area contributed by atoms with Crippen LogP contribution in [0.25, 0.3) is 10.6 Å². The summed E-state index contributed by atoms with van der Waals surface area (Å²) in [5.74, 6) is 0. The van der Waals surface area contributed by atoms with Crippen LogP contribution in [0.15, 0.2) is 29.8 Å². The molecule has 0 amide bonds. The molecule has 23 heavy (non-hydrogen) atoms. The lowest BCUT2D eigenvalue weighted by Crippen LogP contribution is -2.47. The van der Waals surface area contributed by atoms with Gasteiger partial charge in [0.15, 0.2) is 0 Å². The van der Waals surface area contributed by atoms with Crippen LogP contribution in [0.2, 0.25) is 0 Å². The summed E-state index contributed by atoms with van der Waals surface area (Å²) in [6, 6.07) is 8.26. The van der Waals surface area contributed by atoms with E-state index in [4.69, 9.17) is 0 Å². The molecule has 1 saturated heterocycles. The summed E-state index contributed by atoms with van der Waals surface area (Å²) in [6.45, 7) is 8.33. The summed E-state index contributed by atoms with van der Waals surface area (Å²) < 4.78 is 0. The minimum absolute atomic E-state index is 0.620. The Balaban J connectivity index is 1.62. The molecule has 2 aromatic rings. The first kappa shape index (κ1) is 15.2. The predicted octanol–water partition coefficient (Wildman–Crippen LogP) is 4.05. The van der Waals surface area contributed by atoms with Gasteiger partial charge < -0.3 is 9.80 Å². The third-order valence-electron chi connectivity index (χ3n) is 5.43. The first-order valence-electron chi connectivity index (χ1n) is 8.79. The summed E-state index contributed by atoms with van der Waals surface area (Å²) in [5, 5.41) is 3.19. The number of hydrogen-bond acceptors (Lipinski definition) is 4. The van der Waals surface area contributed by atoms with Crippen LogP contribution >= 0.6 is 11.3 Å². The van der Waals surface area contributed by atoms with Gasteiger partial charge in [-0.05, 0) is 44.4 Å². The second kappa shape index (κ2) is 6.25. The summed E-state index contributed by atoms with van der Waals surface area (Å²) in [5.41, 5.74) is 4.24. The zero-order valence-corrected chi connectivity index (χ0v) is 14.9. The SMILES string of the molecule is CCN1CCC(N2c3cc(-c4nccs4)ccc3CC2C)CC1. The van der Waals surface area contributed by atoms with Crippen LogP contribution < -0.4 is 4.90 Å². The maximum atomic E-state index is 4.48. The van der Waals surface area contributed by atoms with Crippen LogP contribution in [0.1, 0.15) is 32.3 Å². The second-order valence-corrected chi connectivity index (χ2v) is 7.70. The van der Waals surface area contributed by atoms with Gasteiger partial charge in [0.05, 0.1) is 0 Å². The van der Waals surface area contributed by atoms with Crippen LogP contribution in [0.4, 0.5) is 5.69 Å². The molecular formula is C19H25N3S. The molecule has 1 aromatic heterocycles. The number of rotatable bonds is 3. The van der Waals surface area contributed by atoms with Gasteiger partial charge in [-0.25, -0.2) is 4.98 Å². The number of aromatic nitrogens is 1. The molecule has 0 N–H and O–H groups in total. The maximum Gasteiger partial charge on any atom is 0.123 e. The molecule has 4 heteroatoms. The van der Waals surface area contributed by atoms with Crippen molar-refractivity contribution in [2.75, 3.05) is 24.5 Å². The smallest absolute Gasteiger partial charge is 0.123 e. The van der Waals surface area contributed by atoms with E-state index in [0.717, 1.165) is 5.01 Å². The molecule has 0 radical (unpaired) electrons. The van der Waals surface area contributed by atoms with Crippen molar-refractivity contribution in [2.45, 2.75) is 45.2 Å². The standard InChI is InChI=1S/C19H25N3S/c1-3-21-9-6-17(7-10-21)22-14(2)12-15-4-5-16(13-18(15)22)19-20-8-11-23-19/h4-5,8,11,13-14,17H,3,6-7,9-10,12H2,1-2H3. The van der Waals surface area contributed by atoms with Crippen molar-refractivity contribution >= 4 is 17.0 Å². The molecule has 2 aliphatic heterocycles. The van der Waals surface area contributed by atoms with Gasteiger partial charge in [-0.3, -0.25) is 0 Å². The lowest BCUT2D eigenvalue weighted by atomic mass is 10.0. The minimum atomic E-state index is 0.620. The molecule has 4 rings (SSSR count). The number of nitrogens with zero attached hydrogens (tertiary/aromatic N) is 3. The van der Waals surface area contributed by atoms with E-state index in [-0.39, 0.29) is 0 Å². The molecule has 3 nitrogen and oxygen atoms in total. The van der Waals surface area contributed by atoms with Crippen molar-refractivity contribution in [1.29, 1.82) is 0 Å². The van der Waals surface area contributed by atoms with Crippen molar-refractivity contribution in [3.05, 3.63) is 35.3 Å². The molecule has 0 spiro atoms. The molecule has 3 heterocycles. The van der Waals surface area contributed by atoms with Gasteiger partial charge in [0, 0.05) is 48.0 Å². The van der Waals surface area contributed by atoms with Crippen molar-refractivity contribution in [1.82, 2.24) is 9.88 Å². The Kier molecular flexibility index (Phi) is 4.12. The Morgan fingerprint density at radius 2 is 2.09 bits per heavy atom. The van der Waals surface area contributed by atoms with Gasteiger partial charge in [0.2, 0.25) is 0 Å². The monoisotopic (exact) mass is 327 g/mol. The Morgan fingerprint density at radius 1 is 1.26 bits per heavy atom. The fourth-order valence-corrected chi connectivity index (χ4v) is 4.84. The Bertz CT molecular complexity index is 659. The zero-order valence-electron chi connectivity index (χ0n) is 14.0. The van der Waals surface area contributed by atoms with Crippen LogP contribution in [0.3, 0.4) is 0 Å². The number of hydrogen-bond donors (Lipinski definition) is 0. The van der Waals surface area contributed by atoms with E-state index in [0.29, 0.717) is 12.1 Å². The van der Waals surface area contributed by atoms with Gasteiger partial charge in [-0.1, -0.05) is 19.1 Å². The topological polar surface area (TPSA) is 19.4 Å². The molecular weight excluding hydrogens is 302 g/mol. The van der Waals surface area contributed by atoms with E-state index in [1.807, 2.05) is 6.20 Å². The van der Waals surface area contributed by atoms with Crippen molar-refractivity contribution in [2.24, 2.45) is 0 Å². The molecule has 0 saturated carbocycles. The predicted molar refractivity (Wildman–Crippen MR) is 98.3 cm³/mol. The fourth-order valence-electron chi connectivity index (χ4n) is 4.20. The van der Waals surface area contributed by atoms with Gasteiger partial charge >= 0.3 is 0 Å². The van der Waals surface area contributed by atoms with Gasteiger partial charge in [0.25, 0.3) is 0 Å². The number of fused-ring (bicyclic) bond motifs is 1. The minimum Gasteiger partial charge on any atom is -0.365 e. The number of likely N-dealkylation sites (tertiary alicyclic amines) is 1. The van der Waals surface area contributed by atoms with Crippen molar-refractivity contribution in [3.8, 4) is 10.6 Å². The third kappa shape index (κ3) is 2.79. The lowest BCUT2D eigenvalue weighted by Gasteiger charge is -2.40. The van der Waals surface area contributed by atoms with Crippen LogP contribution in [0, 0.1) is 0 Å². The van der Waals surface area contributed by atoms with Crippen LogP contribution in [-0.4, -0.2) is 41.6 Å². The molecule has 1 fully saturated rings. The maximum absolute atomic E-state index is 4.48. The van der Waals surface area contributed by atoms with Gasteiger partial charge in [-0.2, -0.15) is 0 Å². The third-order valence-corrected chi connectivity index (χ3v) is 6.25. The number of benzene rings is 1. The highest BCUT2D eigenvalue weighted by atomic mass is 32.1. The first-order chi connectivity index (χ1) is 11.3. The largest absolute Gasteiger partial charge is 0.365 e. The second-order valence-electron chi connectivity index (χ2n) is 6.81. The quantitative estimate of drug-likeness (QED) is 0.848. The van der Waals surface area contributed by atoms with Gasteiger partial charge in [0.1, 0.15) is 5.01 Å². The molecule has 0 aliphatic carbocycles. The van der Waals surface area contributed by atoms with E-state index in [1.165, 1.54) is 55.7 Å². The number of thiazole rings is 1. The summed E-state index contributed by atoms with van der Waals surface area (Å²) in [7, 11) is 0. The summed E-state index contributed by atoms with van der Waals surface area (Å²) in [4.78, 5) is 9.76. The average molecular weight is 327 g/mol.